The van der Waals surface area contributed by atoms with E-state index in [1.165, 1.54) is 4.90 Å². The van der Waals surface area contributed by atoms with Gasteiger partial charge in [-0.3, -0.25) is 0 Å². The molecule has 1 N–H and O–H groups in total. The summed E-state index contributed by atoms with van der Waals surface area (Å²) in [4.78, 5) is 12.3. The molecule has 1 saturated heterocycles. The average molecular weight is 358 g/mol. The second-order valence-electron chi connectivity index (χ2n) is 5.04. The highest BCUT2D eigenvalue weighted by Gasteiger charge is 2.22. The van der Waals surface area contributed by atoms with Crippen LogP contribution >= 0.6 is 15.9 Å². The monoisotopic (exact) mass is 357 g/mol. The molecule has 1 amide bonds. The molecule has 1 fully saturated rings. The van der Waals surface area contributed by atoms with Crippen LogP contribution in [-0.2, 0) is 0 Å². The van der Waals surface area contributed by atoms with E-state index in [1.54, 1.807) is 0 Å². The summed E-state index contributed by atoms with van der Waals surface area (Å²) in [7, 11) is 0. The molecule has 0 unspecified atom stereocenters. The van der Waals surface area contributed by atoms with Crippen molar-refractivity contribution in [2.45, 2.75) is 12.8 Å². The van der Waals surface area contributed by atoms with Crippen LogP contribution in [0.1, 0.15) is 12.8 Å². The molecule has 6 heteroatoms. The Morgan fingerprint density at radius 3 is 2.57 bits per heavy atom. The largest absolute Gasteiger partial charge is 0.493 e. The summed E-state index contributed by atoms with van der Waals surface area (Å²) < 4.78 is 11.3. The van der Waals surface area contributed by atoms with Crippen LogP contribution in [0.4, 0.5) is 4.79 Å². The van der Waals surface area contributed by atoms with Crippen LogP contribution in [0.3, 0.4) is 0 Å². The van der Waals surface area contributed by atoms with Crippen LogP contribution in [0, 0.1) is 5.92 Å². The molecule has 0 atom stereocenters. The van der Waals surface area contributed by atoms with E-state index in [-0.39, 0.29) is 0 Å². The van der Waals surface area contributed by atoms with Crippen molar-refractivity contribution < 1.29 is 19.4 Å². The third kappa shape index (κ3) is 5.12. The zero-order valence-electron chi connectivity index (χ0n) is 11.8. The molecule has 1 aliphatic rings. The van der Waals surface area contributed by atoms with Crippen molar-refractivity contribution in [3.63, 3.8) is 0 Å². The molecule has 21 heavy (non-hydrogen) atoms. The standard InChI is InChI=1S/C15H20BrNO4/c16-6-9-20-13-2-1-3-14(10-13)21-11-12-4-7-17(8-5-12)15(18)19/h1-3,10,12H,4-9,11H2,(H,18,19). The number of hydrogen-bond donors (Lipinski definition) is 1. The van der Waals surface area contributed by atoms with E-state index in [4.69, 9.17) is 14.6 Å². The molecule has 1 aromatic carbocycles. The predicted octanol–water partition coefficient (Wildman–Crippen LogP) is 3.23. The molecular formula is C15H20BrNO4. The lowest BCUT2D eigenvalue weighted by Gasteiger charge is -2.29. The lowest BCUT2D eigenvalue weighted by molar-refractivity contribution is 0.111. The first-order chi connectivity index (χ1) is 10.2. The fraction of sp³-hybridized carbons (Fsp3) is 0.533. The first kappa shape index (κ1) is 15.9. The van der Waals surface area contributed by atoms with Gasteiger partial charge in [-0.15, -0.1) is 0 Å². The van der Waals surface area contributed by atoms with E-state index >= 15 is 0 Å². The summed E-state index contributed by atoms with van der Waals surface area (Å²) in [6.45, 7) is 2.43. The minimum atomic E-state index is -0.828. The fourth-order valence-electron chi connectivity index (χ4n) is 2.32. The maximum atomic E-state index is 10.8. The van der Waals surface area contributed by atoms with Gasteiger partial charge in [0.15, 0.2) is 0 Å². The van der Waals surface area contributed by atoms with Gasteiger partial charge in [0, 0.05) is 24.5 Å². The second kappa shape index (κ2) is 8.12. The molecule has 0 aliphatic carbocycles. The molecule has 0 saturated carbocycles. The number of likely N-dealkylation sites (tertiary alicyclic amines) is 1. The molecule has 5 nitrogen and oxygen atoms in total. The van der Waals surface area contributed by atoms with Gasteiger partial charge in [-0.25, -0.2) is 4.79 Å². The minimum Gasteiger partial charge on any atom is -0.493 e. The van der Waals surface area contributed by atoms with Crippen molar-refractivity contribution in [1.82, 2.24) is 4.90 Å². The van der Waals surface area contributed by atoms with Crippen LogP contribution in [-0.4, -0.2) is 47.7 Å². The van der Waals surface area contributed by atoms with Crippen molar-refractivity contribution in [3.8, 4) is 11.5 Å². The third-order valence-corrected chi connectivity index (χ3v) is 3.85. The zero-order chi connectivity index (χ0) is 15.1. The Hall–Kier alpha value is -1.43. The van der Waals surface area contributed by atoms with Gasteiger partial charge in [-0.1, -0.05) is 22.0 Å². The van der Waals surface area contributed by atoms with Gasteiger partial charge >= 0.3 is 6.09 Å². The summed E-state index contributed by atoms with van der Waals surface area (Å²) in [6, 6.07) is 7.61. The van der Waals surface area contributed by atoms with Gasteiger partial charge in [0.05, 0.1) is 13.2 Å². The summed E-state index contributed by atoms with van der Waals surface area (Å²) in [5.41, 5.74) is 0. The van der Waals surface area contributed by atoms with E-state index in [0.717, 1.165) is 29.7 Å². The van der Waals surface area contributed by atoms with Crippen molar-refractivity contribution in [1.29, 1.82) is 0 Å². The number of carbonyl (C=O) groups is 1. The number of ether oxygens (including phenoxy) is 2. The molecule has 1 heterocycles. The molecule has 1 aromatic rings. The summed E-state index contributed by atoms with van der Waals surface area (Å²) in [5, 5.41) is 9.70. The molecule has 0 bridgehead atoms. The summed E-state index contributed by atoms with van der Waals surface area (Å²) in [5.74, 6) is 2.00. The van der Waals surface area contributed by atoms with Crippen LogP contribution in [0.2, 0.25) is 0 Å². The van der Waals surface area contributed by atoms with Crippen molar-refractivity contribution in [3.05, 3.63) is 24.3 Å². The molecule has 0 radical (unpaired) electrons. The molecule has 1 aliphatic heterocycles. The Bertz CT molecular complexity index is 461. The molecule has 2 rings (SSSR count). The first-order valence-corrected chi connectivity index (χ1v) is 8.20. The van der Waals surface area contributed by atoms with Gasteiger partial charge in [0.2, 0.25) is 0 Å². The predicted molar refractivity (Wildman–Crippen MR) is 83.5 cm³/mol. The van der Waals surface area contributed by atoms with Gasteiger partial charge < -0.3 is 19.5 Å². The van der Waals surface area contributed by atoms with Crippen molar-refractivity contribution in [2.24, 2.45) is 5.92 Å². The highest BCUT2D eigenvalue weighted by atomic mass is 79.9. The molecular weight excluding hydrogens is 338 g/mol. The lowest BCUT2D eigenvalue weighted by Crippen LogP contribution is -2.38. The third-order valence-electron chi connectivity index (χ3n) is 3.52. The maximum Gasteiger partial charge on any atom is 0.407 e. The fourth-order valence-corrected chi connectivity index (χ4v) is 2.48. The van der Waals surface area contributed by atoms with Crippen molar-refractivity contribution >= 4 is 22.0 Å². The number of alkyl halides is 1. The molecule has 116 valence electrons. The van der Waals surface area contributed by atoms with Crippen LogP contribution in [0.5, 0.6) is 11.5 Å². The average Bonchev–Trinajstić information content (AvgIpc) is 2.52. The van der Waals surface area contributed by atoms with E-state index in [9.17, 15) is 4.79 Å². The number of rotatable bonds is 6. The first-order valence-electron chi connectivity index (χ1n) is 7.08. The van der Waals surface area contributed by atoms with E-state index in [1.807, 2.05) is 24.3 Å². The van der Waals surface area contributed by atoms with Crippen molar-refractivity contribution in [2.75, 3.05) is 31.6 Å². The number of nitrogens with zero attached hydrogens (tertiary/aromatic N) is 1. The number of benzene rings is 1. The van der Waals surface area contributed by atoms with E-state index < -0.39 is 6.09 Å². The number of amides is 1. The Kier molecular flexibility index (Phi) is 6.17. The normalized spacial score (nSPS) is 15.8. The number of carboxylic acid groups (broad SMARTS) is 1. The second-order valence-corrected chi connectivity index (χ2v) is 5.83. The Morgan fingerprint density at radius 1 is 1.29 bits per heavy atom. The lowest BCUT2D eigenvalue weighted by atomic mass is 9.98. The Morgan fingerprint density at radius 2 is 1.95 bits per heavy atom. The Labute approximate surface area is 133 Å². The van der Waals surface area contributed by atoms with Gasteiger partial charge in [0.1, 0.15) is 11.5 Å². The number of piperidine rings is 1. The van der Waals surface area contributed by atoms with E-state index in [2.05, 4.69) is 15.9 Å². The van der Waals surface area contributed by atoms with Gasteiger partial charge in [0.25, 0.3) is 0 Å². The van der Waals surface area contributed by atoms with Crippen LogP contribution in [0.15, 0.2) is 24.3 Å². The highest BCUT2D eigenvalue weighted by Crippen LogP contribution is 2.22. The number of hydrogen-bond acceptors (Lipinski definition) is 3. The smallest absolute Gasteiger partial charge is 0.407 e. The van der Waals surface area contributed by atoms with Crippen LogP contribution in [0.25, 0.3) is 0 Å². The quantitative estimate of drug-likeness (QED) is 0.794. The zero-order valence-corrected chi connectivity index (χ0v) is 13.4. The minimum absolute atomic E-state index is 0.410. The Balaban J connectivity index is 1.77. The molecule has 0 aromatic heterocycles. The SMILES string of the molecule is O=C(O)N1CCC(COc2cccc(OCCBr)c2)CC1. The summed E-state index contributed by atoms with van der Waals surface area (Å²) >= 11 is 3.32. The topological polar surface area (TPSA) is 59.0 Å². The van der Waals surface area contributed by atoms with Gasteiger partial charge in [-0.2, -0.15) is 0 Å². The van der Waals surface area contributed by atoms with E-state index in [0.29, 0.717) is 32.2 Å². The van der Waals surface area contributed by atoms with Crippen LogP contribution < -0.4 is 9.47 Å². The maximum absolute atomic E-state index is 10.8. The highest BCUT2D eigenvalue weighted by molar-refractivity contribution is 9.09. The summed E-state index contributed by atoms with van der Waals surface area (Å²) in [6.07, 6.45) is 0.879. The van der Waals surface area contributed by atoms with Gasteiger partial charge in [-0.05, 0) is 30.9 Å². The molecule has 0 spiro atoms. The number of halogens is 1.